The number of H-pyrrole nitrogens is 1. The molecule has 0 aliphatic rings. The van der Waals surface area contributed by atoms with E-state index in [-0.39, 0.29) is 0 Å². The Balaban J connectivity index is 1.66. The fraction of sp³-hybridized carbons (Fsp3) is 0.100. The zero-order valence-electron chi connectivity index (χ0n) is 13.9. The van der Waals surface area contributed by atoms with Crippen LogP contribution in [0.1, 0.15) is 5.56 Å². The quantitative estimate of drug-likeness (QED) is 0.574. The average Bonchev–Trinajstić information content (AvgIpc) is 3.12. The van der Waals surface area contributed by atoms with Crippen LogP contribution < -0.4 is 10.1 Å². The van der Waals surface area contributed by atoms with Gasteiger partial charge in [0, 0.05) is 18.3 Å². The average molecular weight is 330 g/mol. The lowest BCUT2D eigenvalue weighted by atomic mass is 10.2. The van der Waals surface area contributed by atoms with Gasteiger partial charge in [-0.3, -0.25) is 0 Å². The number of nitrogens with one attached hydrogen (secondary N) is 2. The first-order valence-corrected chi connectivity index (χ1v) is 8.10. The first-order chi connectivity index (χ1) is 12.3. The third kappa shape index (κ3) is 3.17. The minimum Gasteiger partial charge on any atom is -0.497 e. The van der Waals surface area contributed by atoms with E-state index in [0.717, 1.165) is 34.0 Å². The Morgan fingerprint density at radius 2 is 1.92 bits per heavy atom. The van der Waals surface area contributed by atoms with Gasteiger partial charge < -0.3 is 15.0 Å². The summed E-state index contributed by atoms with van der Waals surface area (Å²) in [6, 6.07) is 20.0. The van der Waals surface area contributed by atoms with Crippen molar-refractivity contribution in [1.29, 1.82) is 0 Å². The number of ether oxygens (including phenoxy) is 1. The molecule has 0 atom stereocenters. The number of aromatic amines is 1. The van der Waals surface area contributed by atoms with E-state index in [4.69, 9.17) is 9.72 Å². The fourth-order valence-electron chi connectivity index (χ4n) is 2.75. The first-order valence-electron chi connectivity index (χ1n) is 8.10. The number of fused-ring (bicyclic) bond motifs is 1. The third-order valence-corrected chi connectivity index (χ3v) is 4.05. The normalized spacial score (nSPS) is 10.8. The van der Waals surface area contributed by atoms with Gasteiger partial charge in [0.05, 0.1) is 12.6 Å². The molecule has 2 aromatic carbocycles. The van der Waals surface area contributed by atoms with Gasteiger partial charge in [-0.1, -0.05) is 42.5 Å². The predicted molar refractivity (Wildman–Crippen MR) is 99.6 cm³/mol. The molecule has 0 fully saturated rings. The molecular weight excluding hydrogens is 312 g/mol. The van der Waals surface area contributed by atoms with Gasteiger partial charge in [-0.25, -0.2) is 9.97 Å². The Morgan fingerprint density at radius 3 is 2.76 bits per heavy atom. The maximum absolute atomic E-state index is 5.30. The van der Waals surface area contributed by atoms with Crippen LogP contribution in [0, 0.1) is 0 Å². The number of pyridine rings is 1. The number of nitrogens with zero attached hydrogens (tertiary/aromatic N) is 2. The van der Waals surface area contributed by atoms with Gasteiger partial charge >= 0.3 is 0 Å². The van der Waals surface area contributed by atoms with Crippen LogP contribution in [-0.2, 0) is 6.54 Å². The van der Waals surface area contributed by atoms with Crippen LogP contribution in [0.15, 0.2) is 66.9 Å². The van der Waals surface area contributed by atoms with Crippen LogP contribution >= 0.6 is 0 Å². The molecule has 5 heteroatoms. The molecule has 5 nitrogen and oxygen atoms in total. The summed E-state index contributed by atoms with van der Waals surface area (Å²) in [6.07, 6.45) is 1.78. The number of hydrogen-bond acceptors (Lipinski definition) is 4. The molecule has 0 saturated heterocycles. The number of methoxy groups -OCH3 is 1. The largest absolute Gasteiger partial charge is 0.497 e. The van der Waals surface area contributed by atoms with E-state index in [2.05, 4.69) is 27.4 Å². The molecule has 2 aromatic heterocycles. The lowest BCUT2D eigenvalue weighted by molar-refractivity contribution is 0.415. The topological polar surface area (TPSA) is 62.8 Å². The van der Waals surface area contributed by atoms with Crippen molar-refractivity contribution in [2.24, 2.45) is 0 Å². The summed E-state index contributed by atoms with van der Waals surface area (Å²) in [5.74, 6) is 2.37. The van der Waals surface area contributed by atoms with Crippen LogP contribution in [0.4, 0.5) is 5.82 Å². The Labute approximate surface area is 145 Å². The van der Waals surface area contributed by atoms with Gasteiger partial charge in [0.2, 0.25) is 0 Å². The summed E-state index contributed by atoms with van der Waals surface area (Å²) in [5, 5.41) is 3.37. The van der Waals surface area contributed by atoms with Crippen molar-refractivity contribution >= 4 is 16.9 Å². The molecular formula is C20H18N4O. The number of aromatic nitrogens is 3. The molecule has 0 amide bonds. The summed E-state index contributed by atoms with van der Waals surface area (Å²) in [4.78, 5) is 12.5. The number of benzene rings is 2. The molecule has 0 spiro atoms. The van der Waals surface area contributed by atoms with Crippen molar-refractivity contribution in [1.82, 2.24) is 15.0 Å². The van der Waals surface area contributed by atoms with Crippen molar-refractivity contribution in [2.45, 2.75) is 6.54 Å². The molecule has 0 bridgehead atoms. The van der Waals surface area contributed by atoms with Gasteiger partial charge in [-0.05, 0) is 23.8 Å². The second-order valence-corrected chi connectivity index (χ2v) is 5.71. The van der Waals surface area contributed by atoms with E-state index in [9.17, 15) is 0 Å². The van der Waals surface area contributed by atoms with E-state index in [1.54, 1.807) is 13.3 Å². The lowest BCUT2D eigenvalue weighted by Gasteiger charge is -2.05. The standard InChI is InChI=1S/C20H18N4O/c1-25-16-9-5-8-15(12-16)19-23-17-10-11-21-20(18(17)24-19)22-13-14-6-3-2-4-7-14/h2-12H,13H2,1H3,(H,21,22)(H,23,24). The highest BCUT2D eigenvalue weighted by Gasteiger charge is 2.10. The van der Waals surface area contributed by atoms with Gasteiger partial charge in [0.25, 0.3) is 0 Å². The highest BCUT2D eigenvalue weighted by atomic mass is 16.5. The second-order valence-electron chi connectivity index (χ2n) is 5.71. The predicted octanol–water partition coefficient (Wildman–Crippen LogP) is 4.25. The minimum atomic E-state index is 0.703. The van der Waals surface area contributed by atoms with Crippen molar-refractivity contribution in [2.75, 3.05) is 12.4 Å². The van der Waals surface area contributed by atoms with Crippen LogP contribution in [-0.4, -0.2) is 22.1 Å². The smallest absolute Gasteiger partial charge is 0.154 e. The second kappa shape index (κ2) is 6.65. The molecule has 0 aliphatic heterocycles. The van der Waals surface area contributed by atoms with Crippen molar-refractivity contribution < 1.29 is 4.74 Å². The molecule has 4 aromatic rings. The number of imidazole rings is 1. The summed E-state index contributed by atoms with van der Waals surface area (Å²) < 4.78 is 5.30. The Hall–Kier alpha value is -3.34. The molecule has 124 valence electrons. The highest BCUT2D eigenvalue weighted by Crippen LogP contribution is 2.26. The van der Waals surface area contributed by atoms with Crippen molar-refractivity contribution in [3.63, 3.8) is 0 Å². The van der Waals surface area contributed by atoms with E-state index in [1.165, 1.54) is 5.56 Å². The molecule has 2 N–H and O–H groups in total. The molecule has 0 radical (unpaired) electrons. The van der Waals surface area contributed by atoms with E-state index >= 15 is 0 Å². The summed E-state index contributed by atoms with van der Waals surface area (Å²) in [6.45, 7) is 0.703. The zero-order chi connectivity index (χ0) is 17.1. The van der Waals surface area contributed by atoms with Gasteiger partial charge in [0.15, 0.2) is 5.82 Å². The van der Waals surface area contributed by atoms with Crippen LogP contribution in [0.2, 0.25) is 0 Å². The van der Waals surface area contributed by atoms with Crippen molar-refractivity contribution in [3.05, 3.63) is 72.4 Å². The van der Waals surface area contributed by atoms with Crippen LogP contribution in [0.3, 0.4) is 0 Å². The highest BCUT2D eigenvalue weighted by molar-refractivity contribution is 5.88. The molecule has 0 unspecified atom stereocenters. The fourth-order valence-corrected chi connectivity index (χ4v) is 2.75. The molecule has 0 aliphatic carbocycles. The summed E-state index contributed by atoms with van der Waals surface area (Å²) >= 11 is 0. The number of hydrogen-bond donors (Lipinski definition) is 2. The zero-order valence-corrected chi connectivity index (χ0v) is 13.9. The van der Waals surface area contributed by atoms with E-state index in [0.29, 0.717) is 6.54 Å². The van der Waals surface area contributed by atoms with Gasteiger partial charge in [0.1, 0.15) is 17.1 Å². The maximum atomic E-state index is 5.30. The van der Waals surface area contributed by atoms with E-state index in [1.807, 2.05) is 48.5 Å². The maximum Gasteiger partial charge on any atom is 0.154 e. The summed E-state index contributed by atoms with van der Waals surface area (Å²) in [7, 11) is 1.66. The van der Waals surface area contributed by atoms with Gasteiger partial charge in [-0.2, -0.15) is 0 Å². The molecule has 2 heterocycles. The Morgan fingerprint density at radius 1 is 1.04 bits per heavy atom. The molecule has 0 saturated carbocycles. The first kappa shape index (κ1) is 15.2. The third-order valence-electron chi connectivity index (χ3n) is 4.05. The van der Waals surface area contributed by atoms with Crippen LogP contribution in [0.5, 0.6) is 5.75 Å². The van der Waals surface area contributed by atoms with Crippen molar-refractivity contribution in [3.8, 4) is 17.1 Å². The lowest BCUT2D eigenvalue weighted by Crippen LogP contribution is -2.01. The van der Waals surface area contributed by atoms with Crippen LogP contribution in [0.25, 0.3) is 22.4 Å². The monoisotopic (exact) mass is 330 g/mol. The van der Waals surface area contributed by atoms with Gasteiger partial charge in [-0.15, -0.1) is 0 Å². The van der Waals surface area contributed by atoms with E-state index < -0.39 is 0 Å². The number of rotatable bonds is 5. The Kier molecular flexibility index (Phi) is 4.04. The SMILES string of the molecule is COc1cccc(-c2nc3c(NCc4ccccc4)nccc3[nH]2)c1. The number of anilines is 1. The Bertz CT molecular complexity index is 995. The minimum absolute atomic E-state index is 0.703. The molecule has 4 rings (SSSR count). The molecule has 25 heavy (non-hydrogen) atoms. The summed E-state index contributed by atoms with van der Waals surface area (Å²) in [5.41, 5.74) is 3.95.